The highest BCUT2D eigenvalue weighted by Gasteiger charge is 2.32. The number of halogens is 3. The number of fused-ring (bicyclic) bond motifs is 1. The Morgan fingerprint density at radius 3 is 2.54 bits per heavy atom. The Morgan fingerprint density at radius 1 is 1.03 bits per heavy atom. The molecular formula is C28H26F3NO3. The van der Waals surface area contributed by atoms with E-state index in [-0.39, 0.29) is 23.9 Å². The Kier molecular flexibility index (Phi) is 6.43. The Balaban J connectivity index is 1.41. The lowest BCUT2D eigenvalue weighted by molar-refractivity contribution is 0.0668. The quantitative estimate of drug-likeness (QED) is 0.449. The predicted octanol–water partition coefficient (Wildman–Crippen LogP) is 6.01. The summed E-state index contributed by atoms with van der Waals surface area (Å²) in [7, 11) is 0. The van der Waals surface area contributed by atoms with Crippen LogP contribution in [-0.2, 0) is 0 Å². The molecule has 3 aromatic carbocycles. The van der Waals surface area contributed by atoms with Crippen molar-refractivity contribution in [3.63, 3.8) is 0 Å². The molecule has 5 rings (SSSR count). The molecule has 4 nitrogen and oxygen atoms in total. The highest BCUT2D eigenvalue weighted by atomic mass is 19.2. The minimum Gasteiger partial charge on any atom is -0.508 e. The summed E-state index contributed by atoms with van der Waals surface area (Å²) < 4.78 is 53.7. The maximum absolute atomic E-state index is 14.9. The van der Waals surface area contributed by atoms with Crippen LogP contribution in [0.2, 0.25) is 0 Å². The molecule has 0 amide bonds. The number of benzene rings is 3. The maximum atomic E-state index is 14.9. The molecule has 1 fully saturated rings. The summed E-state index contributed by atoms with van der Waals surface area (Å²) in [5, 5.41) is 9.98. The fourth-order valence-electron chi connectivity index (χ4n) is 4.72. The fourth-order valence-corrected chi connectivity index (χ4v) is 4.72. The summed E-state index contributed by atoms with van der Waals surface area (Å²) in [6, 6.07) is 16.2. The van der Waals surface area contributed by atoms with Crippen LogP contribution >= 0.6 is 0 Å². The van der Waals surface area contributed by atoms with E-state index in [0.29, 0.717) is 34.8 Å². The third-order valence-electron chi connectivity index (χ3n) is 6.63. The van der Waals surface area contributed by atoms with E-state index in [1.165, 1.54) is 18.2 Å². The van der Waals surface area contributed by atoms with Crippen molar-refractivity contribution in [2.24, 2.45) is 5.92 Å². The van der Waals surface area contributed by atoms with Crippen LogP contribution in [0.3, 0.4) is 0 Å². The van der Waals surface area contributed by atoms with Gasteiger partial charge in [-0.25, -0.2) is 8.78 Å². The molecule has 35 heavy (non-hydrogen) atoms. The van der Waals surface area contributed by atoms with Crippen molar-refractivity contribution in [3.8, 4) is 17.2 Å². The van der Waals surface area contributed by atoms with Crippen molar-refractivity contribution in [1.82, 2.24) is 4.90 Å². The maximum Gasteiger partial charge on any atom is 0.166 e. The van der Waals surface area contributed by atoms with Gasteiger partial charge in [-0.2, -0.15) is 0 Å². The third-order valence-corrected chi connectivity index (χ3v) is 6.63. The van der Waals surface area contributed by atoms with Crippen LogP contribution in [0.1, 0.15) is 29.7 Å². The highest BCUT2D eigenvalue weighted by molar-refractivity contribution is 5.95. The molecule has 1 N–H and O–H groups in total. The smallest absolute Gasteiger partial charge is 0.166 e. The molecule has 0 spiro atoms. The molecule has 2 heterocycles. The van der Waals surface area contributed by atoms with Crippen molar-refractivity contribution in [1.29, 1.82) is 0 Å². The first-order valence-corrected chi connectivity index (χ1v) is 11.6. The van der Waals surface area contributed by atoms with Crippen molar-refractivity contribution < 1.29 is 27.8 Å². The van der Waals surface area contributed by atoms with Crippen LogP contribution in [0.4, 0.5) is 13.2 Å². The lowest BCUT2D eigenvalue weighted by Gasteiger charge is -2.37. The molecule has 0 saturated carbocycles. The van der Waals surface area contributed by atoms with Gasteiger partial charge < -0.3 is 14.6 Å². The average Bonchev–Trinajstić information content (AvgIpc) is 2.83. The number of allylic oxidation sites excluding steroid dienone is 1. The molecule has 1 atom stereocenters. The van der Waals surface area contributed by atoms with Crippen molar-refractivity contribution in [3.05, 3.63) is 89.0 Å². The summed E-state index contributed by atoms with van der Waals surface area (Å²) in [5.74, 6) is -0.451. The number of nitrogens with zero attached hydrogens (tertiary/aromatic N) is 1. The van der Waals surface area contributed by atoms with E-state index in [1.807, 2.05) is 31.2 Å². The molecule has 1 saturated heterocycles. The molecule has 0 aliphatic carbocycles. The molecule has 2 aliphatic heterocycles. The van der Waals surface area contributed by atoms with E-state index in [1.54, 1.807) is 12.1 Å². The van der Waals surface area contributed by atoms with E-state index in [4.69, 9.17) is 9.47 Å². The number of rotatable bonds is 7. The van der Waals surface area contributed by atoms with E-state index >= 15 is 0 Å². The molecule has 182 valence electrons. The molecule has 0 radical (unpaired) electrons. The largest absolute Gasteiger partial charge is 0.508 e. The fraction of sp³-hybridized carbons (Fsp3) is 0.286. The minimum atomic E-state index is -0.944. The minimum absolute atomic E-state index is 0.0594. The molecular weight excluding hydrogens is 455 g/mol. The Hall–Kier alpha value is -3.45. The van der Waals surface area contributed by atoms with Crippen LogP contribution in [0.25, 0.3) is 11.1 Å². The second-order valence-corrected chi connectivity index (χ2v) is 9.02. The standard InChI is InChI=1S/C28H26F3NO3/c1-17-23-13-20(33)7-10-25(23)35-28(26(17)22-3-2-4-24(30)27(22)31)19-5-8-21(9-6-19)34-12-11-32-15-18(14-29)16-32/h2-10,13,18,28,33H,11-12,14-16H2,1H3/t28-/m1/s1. The van der Waals surface area contributed by atoms with Crippen LogP contribution in [-0.4, -0.2) is 42.9 Å². The zero-order chi connectivity index (χ0) is 24.5. The van der Waals surface area contributed by atoms with Gasteiger partial charge in [0.05, 0.1) is 6.67 Å². The Bertz CT molecular complexity index is 1250. The third kappa shape index (κ3) is 4.60. The Morgan fingerprint density at radius 2 is 1.80 bits per heavy atom. The van der Waals surface area contributed by atoms with Crippen molar-refractivity contribution >= 4 is 11.1 Å². The topological polar surface area (TPSA) is 41.9 Å². The number of alkyl halides is 1. The van der Waals surface area contributed by atoms with E-state index < -0.39 is 17.7 Å². The van der Waals surface area contributed by atoms with Gasteiger partial charge in [0.2, 0.25) is 0 Å². The number of ether oxygens (including phenoxy) is 2. The molecule has 3 aromatic rings. The molecule has 2 aliphatic rings. The average molecular weight is 482 g/mol. The van der Waals surface area contributed by atoms with Gasteiger partial charge in [0.1, 0.15) is 30.0 Å². The number of hydrogen-bond acceptors (Lipinski definition) is 4. The van der Waals surface area contributed by atoms with Gasteiger partial charge in [-0.1, -0.05) is 24.3 Å². The lowest BCUT2D eigenvalue weighted by Crippen LogP contribution is -2.49. The zero-order valence-corrected chi connectivity index (χ0v) is 19.3. The Labute approximate surface area is 202 Å². The van der Waals surface area contributed by atoms with Crippen molar-refractivity contribution in [2.45, 2.75) is 13.0 Å². The normalized spacial score (nSPS) is 18.1. The van der Waals surface area contributed by atoms with Gasteiger partial charge in [0.15, 0.2) is 11.6 Å². The van der Waals surface area contributed by atoms with Gasteiger partial charge in [-0.05, 0) is 54.5 Å². The van der Waals surface area contributed by atoms with E-state index in [2.05, 4.69) is 4.90 Å². The number of likely N-dealkylation sites (tertiary alicyclic amines) is 1. The number of hydrogen-bond donors (Lipinski definition) is 1. The number of phenols is 1. The molecule has 0 unspecified atom stereocenters. The van der Waals surface area contributed by atoms with Gasteiger partial charge in [-0.3, -0.25) is 9.29 Å². The first-order valence-electron chi connectivity index (χ1n) is 11.6. The first kappa shape index (κ1) is 23.3. The summed E-state index contributed by atoms with van der Waals surface area (Å²) >= 11 is 0. The summed E-state index contributed by atoms with van der Waals surface area (Å²) in [4.78, 5) is 2.15. The monoisotopic (exact) mass is 481 g/mol. The summed E-state index contributed by atoms with van der Waals surface area (Å²) in [6.45, 7) is 4.30. The molecule has 0 aromatic heterocycles. The summed E-state index contributed by atoms with van der Waals surface area (Å²) in [5.41, 5.74) is 2.68. The lowest BCUT2D eigenvalue weighted by atomic mass is 9.86. The van der Waals surface area contributed by atoms with Crippen LogP contribution in [0.5, 0.6) is 17.2 Å². The number of aromatic hydroxyl groups is 1. The highest BCUT2D eigenvalue weighted by Crippen LogP contribution is 2.48. The van der Waals surface area contributed by atoms with Crippen LogP contribution in [0.15, 0.2) is 60.7 Å². The van der Waals surface area contributed by atoms with Crippen LogP contribution < -0.4 is 9.47 Å². The second-order valence-electron chi connectivity index (χ2n) is 9.02. The second kappa shape index (κ2) is 9.66. The molecule has 0 bridgehead atoms. The van der Waals surface area contributed by atoms with E-state index in [0.717, 1.165) is 31.3 Å². The van der Waals surface area contributed by atoms with Gasteiger partial charge >= 0.3 is 0 Å². The van der Waals surface area contributed by atoms with Crippen LogP contribution in [0, 0.1) is 17.6 Å². The van der Waals surface area contributed by atoms with Gasteiger partial charge in [0, 0.05) is 42.3 Å². The summed E-state index contributed by atoms with van der Waals surface area (Å²) in [6.07, 6.45) is -0.684. The molecule has 7 heteroatoms. The van der Waals surface area contributed by atoms with E-state index in [9.17, 15) is 18.3 Å². The van der Waals surface area contributed by atoms with Gasteiger partial charge in [-0.15, -0.1) is 0 Å². The SMILES string of the molecule is CC1=C(c2cccc(F)c2F)[C@@H](c2ccc(OCCN3CC(CF)C3)cc2)Oc2ccc(O)cc21. The van der Waals surface area contributed by atoms with Gasteiger partial charge in [0.25, 0.3) is 0 Å². The number of phenolic OH excluding ortho intramolecular Hbond substituents is 1. The first-order chi connectivity index (χ1) is 16.9. The van der Waals surface area contributed by atoms with Crippen molar-refractivity contribution in [2.75, 3.05) is 32.9 Å². The zero-order valence-electron chi connectivity index (χ0n) is 19.3. The predicted molar refractivity (Wildman–Crippen MR) is 128 cm³/mol.